The van der Waals surface area contributed by atoms with Gasteiger partial charge >= 0.3 is 6.18 Å². The molecule has 2 rings (SSSR count). The Hall–Kier alpha value is -0.820. The Morgan fingerprint density at radius 3 is 2.75 bits per heavy atom. The van der Waals surface area contributed by atoms with Crippen LogP contribution in [0.4, 0.5) is 18.3 Å². The number of nitrogens with one attached hydrogen (secondary N) is 1. The summed E-state index contributed by atoms with van der Waals surface area (Å²) in [5.41, 5.74) is 0. The van der Waals surface area contributed by atoms with E-state index in [0.717, 1.165) is 19.0 Å². The number of aromatic nitrogens is 1. The van der Waals surface area contributed by atoms with E-state index in [4.69, 9.17) is 0 Å². The first-order valence-corrected chi connectivity index (χ1v) is 5.73. The van der Waals surface area contributed by atoms with Crippen molar-refractivity contribution in [2.45, 2.75) is 25.1 Å². The third kappa shape index (κ3) is 2.85. The van der Waals surface area contributed by atoms with Crippen molar-refractivity contribution in [3.05, 3.63) is 11.1 Å². The molecule has 2 N–H and O–H groups in total. The van der Waals surface area contributed by atoms with Crippen molar-refractivity contribution in [3.63, 3.8) is 0 Å². The molecule has 7 heteroatoms. The van der Waals surface area contributed by atoms with Crippen LogP contribution < -0.4 is 5.32 Å². The van der Waals surface area contributed by atoms with E-state index >= 15 is 0 Å². The highest BCUT2D eigenvalue weighted by Gasteiger charge is 2.33. The largest absolute Gasteiger partial charge is 0.427 e. The molecule has 0 amide bonds. The van der Waals surface area contributed by atoms with Crippen LogP contribution in [0.25, 0.3) is 0 Å². The lowest BCUT2D eigenvalue weighted by molar-refractivity contribution is -0.134. The molecule has 90 valence electrons. The zero-order valence-corrected chi connectivity index (χ0v) is 9.11. The maximum Gasteiger partial charge on any atom is 0.427 e. The molecule has 1 fully saturated rings. The van der Waals surface area contributed by atoms with E-state index in [2.05, 4.69) is 10.3 Å². The molecule has 1 aliphatic carbocycles. The minimum atomic E-state index is -4.34. The minimum absolute atomic E-state index is 0.201. The Kier molecular flexibility index (Phi) is 3.07. The zero-order valence-electron chi connectivity index (χ0n) is 8.29. The van der Waals surface area contributed by atoms with Gasteiger partial charge in [-0.2, -0.15) is 13.2 Å². The van der Waals surface area contributed by atoms with Gasteiger partial charge in [0.25, 0.3) is 0 Å². The van der Waals surface area contributed by atoms with E-state index in [1.165, 1.54) is 0 Å². The van der Waals surface area contributed by atoms with Gasteiger partial charge in [0.2, 0.25) is 0 Å². The number of aliphatic hydroxyl groups is 1. The lowest BCUT2D eigenvalue weighted by atomic mass is 10.2. The van der Waals surface area contributed by atoms with Crippen LogP contribution in [0.1, 0.15) is 17.7 Å². The Labute approximate surface area is 94.3 Å². The maximum absolute atomic E-state index is 12.2. The van der Waals surface area contributed by atoms with Gasteiger partial charge in [-0.15, -0.1) is 0 Å². The molecule has 0 bridgehead atoms. The fraction of sp³-hybridized carbons (Fsp3) is 0.667. The molecule has 1 saturated carbocycles. The summed E-state index contributed by atoms with van der Waals surface area (Å²) in [5, 5.41) is 12.4. The molecule has 0 aromatic carbocycles. The quantitative estimate of drug-likeness (QED) is 0.864. The van der Waals surface area contributed by atoms with Crippen molar-refractivity contribution in [2.75, 3.05) is 11.9 Å². The number of thiazole rings is 1. The summed E-state index contributed by atoms with van der Waals surface area (Å²) in [6.07, 6.45) is -2.04. The van der Waals surface area contributed by atoms with E-state index in [9.17, 15) is 18.3 Å². The monoisotopic (exact) mass is 252 g/mol. The van der Waals surface area contributed by atoms with Gasteiger partial charge in [0.05, 0.1) is 12.3 Å². The van der Waals surface area contributed by atoms with Crippen LogP contribution in [-0.4, -0.2) is 22.7 Å². The van der Waals surface area contributed by atoms with Gasteiger partial charge in [-0.3, -0.25) is 0 Å². The minimum Gasteiger partial charge on any atom is -0.391 e. The predicted octanol–water partition coefficient (Wildman–Crippen LogP) is 2.34. The lowest BCUT2D eigenvalue weighted by Gasteiger charge is -2.08. The van der Waals surface area contributed by atoms with Crippen LogP contribution in [-0.2, 0) is 6.18 Å². The van der Waals surface area contributed by atoms with Crippen LogP contribution in [0, 0.1) is 5.92 Å². The molecule has 0 aliphatic heterocycles. The summed E-state index contributed by atoms with van der Waals surface area (Å²) in [4.78, 5) is 2.88. The Morgan fingerprint density at radius 2 is 2.25 bits per heavy atom. The lowest BCUT2D eigenvalue weighted by Crippen LogP contribution is -2.21. The summed E-state index contributed by atoms with van der Waals surface area (Å²) in [7, 11) is 0. The first-order chi connectivity index (χ1) is 7.47. The zero-order chi connectivity index (χ0) is 11.8. The van der Waals surface area contributed by atoms with E-state index in [1.807, 2.05) is 0 Å². The van der Waals surface area contributed by atoms with Crippen LogP contribution in [0.15, 0.2) is 6.20 Å². The Morgan fingerprint density at radius 1 is 1.56 bits per heavy atom. The normalized spacial score (nSPS) is 18.5. The molecule has 0 radical (unpaired) electrons. The average molecular weight is 252 g/mol. The molecule has 1 aliphatic rings. The third-order valence-electron chi connectivity index (χ3n) is 2.41. The molecule has 0 saturated heterocycles. The van der Waals surface area contributed by atoms with Gasteiger partial charge in [0.1, 0.15) is 4.88 Å². The van der Waals surface area contributed by atoms with E-state index in [-0.39, 0.29) is 11.7 Å². The number of rotatable bonds is 4. The molecule has 1 heterocycles. The molecule has 1 aromatic heterocycles. The molecule has 1 unspecified atom stereocenters. The van der Waals surface area contributed by atoms with Crippen molar-refractivity contribution >= 4 is 16.5 Å². The Bertz CT molecular complexity index is 362. The van der Waals surface area contributed by atoms with E-state index in [1.54, 1.807) is 0 Å². The molecular weight excluding hydrogens is 241 g/mol. The van der Waals surface area contributed by atoms with Gasteiger partial charge in [0, 0.05) is 6.54 Å². The molecular formula is C9H11F3N2OS. The summed E-state index contributed by atoms with van der Waals surface area (Å²) >= 11 is 0.556. The van der Waals surface area contributed by atoms with Crippen molar-refractivity contribution in [2.24, 2.45) is 5.92 Å². The first kappa shape index (κ1) is 11.7. The van der Waals surface area contributed by atoms with Crippen molar-refractivity contribution in [1.29, 1.82) is 0 Å². The van der Waals surface area contributed by atoms with Gasteiger partial charge < -0.3 is 10.4 Å². The molecule has 0 spiro atoms. The van der Waals surface area contributed by atoms with E-state index in [0.29, 0.717) is 17.3 Å². The molecule has 1 atom stereocenters. The topological polar surface area (TPSA) is 45.1 Å². The summed E-state index contributed by atoms with van der Waals surface area (Å²) in [5.74, 6) is 0.301. The van der Waals surface area contributed by atoms with E-state index < -0.39 is 17.2 Å². The van der Waals surface area contributed by atoms with Gasteiger partial charge in [-0.1, -0.05) is 11.3 Å². The number of hydrogen-bond donors (Lipinski definition) is 2. The van der Waals surface area contributed by atoms with Crippen molar-refractivity contribution < 1.29 is 18.3 Å². The second-order valence-electron chi connectivity index (χ2n) is 3.81. The van der Waals surface area contributed by atoms with Gasteiger partial charge in [-0.25, -0.2) is 4.98 Å². The van der Waals surface area contributed by atoms with Gasteiger partial charge in [0.15, 0.2) is 5.13 Å². The number of alkyl halides is 3. The summed E-state index contributed by atoms with van der Waals surface area (Å²) in [6, 6.07) is 0. The van der Waals surface area contributed by atoms with Crippen molar-refractivity contribution in [3.8, 4) is 0 Å². The highest BCUT2D eigenvalue weighted by atomic mass is 32.1. The van der Waals surface area contributed by atoms with Crippen LogP contribution in [0.2, 0.25) is 0 Å². The van der Waals surface area contributed by atoms with Crippen LogP contribution >= 0.6 is 11.3 Å². The third-order valence-corrected chi connectivity index (χ3v) is 3.41. The number of halogens is 3. The molecule has 16 heavy (non-hydrogen) atoms. The predicted molar refractivity (Wildman–Crippen MR) is 54.3 cm³/mol. The number of hydrogen-bond acceptors (Lipinski definition) is 4. The second-order valence-corrected chi connectivity index (χ2v) is 4.84. The SMILES string of the molecule is OC(CNc1ncc(C(F)(F)F)s1)C1CC1. The highest BCUT2D eigenvalue weighted by Crippen LogP contribution is 2.36. The standard InChI is InChI=1S/C9H11F3N2OS/c10-9(11,12)7-4-14-8(16-7)13-3-6(15)5-1-2-5/h4-6,15H,1-3H2,(H,13,14). The van der Waals surface area contributed by atoms with Gasteiger partial charge in [-0.05, 0) is 18.8 Å². The second kappa shape index (κ2) is 4.21. The fourth-order valence-corrected chi connectivity index (χ4v) is 2.02. The average Bonchev–Trinajstić information content (AvgIpc) is 2.92. The number of aliphatic hydroxyl groups excluding tert-OH is 1. The summed E-state index contributed by atoms with van der Waals surface area (Å²) in [6.45, 7) is 0.259. The van der Waals surface area contributed by atoms with Crippen LogP contribution in [0.3, 0.4) is 0 Å². The number of anilines is 1. The molecule has 3 nitrogen and oxygen atoms in total. The Balaban J connectivity index is 1.87. The highest BCUT2D eigenvalue weighted by molar-refractivity contribution is 7.15. The maximum atomic E-state index is 12.2. The van der Waals surface area contributed by atoms with Crippen LogP contribution in [0.5, 0.6) is 0 Å². The summed E-state index contributed by atoms with van der Waals surface area (Å²) < 4.78 is 36.7. The fourth-order valence-electron chi connectivity index (χ4n) is 1.33. The first-order valence-electron chi connectivity index (χ1n) is 4.92. The molecule has 1 aromatic rings. The van der Waals surface area contributed by atoms with Crippen molar-refractivity contribution in [1.82, 2.24) is 4.98 Å². The smallest absolute Gasteiger partial charge is 0.391 e. The number of nitrogens with zero attached hydrogens (tertiary/aromatic N) is 1.